The van der Waals surface area contributed by atoms with E-state index in [1.54, 1.807) is 17.8 Å². The van der Waals surface area contributed by atoms with Crippen molar-refractivity contribution in [2.24, 2.45) is 4.99 Å². The van der Waals surface area contributed by atoms with Crippen LogP contribution in [0.1, 0.15) is 40.0 Å². The molecule has 0 fully saturated rings. The summed E-state index contributed by atoms with van der Waals surface area (Å²) >= 11 is 1.79. The van der Waals surface area contributed by atoms with Crippen molar-refractivity contribution in [3.8, 4) is 0 Å². The first kappa shape index (κ1) is 15.1. The second-order valence-corrected chi connectivity index (χ2v) is 6.36. The molecule has 0 aromatic carbocycles. The van der Waals surface area contributed by atoms with Crippen LogP contribution in [0.25, 0.3) is 0 Å². The van der Waals surface area contributed by atoms with E-state index in [9.17, 15) is 4.79 Å². The molecule has 0 aromatic heterocycles. The Balaban J connectivity index is 1.95. The van der Waals surface area contributed by atoms with Crippen molar-refractivity contribution in [2.45, 2.75) is 40.0 Å². The Morgan fingerprint density at radius 1 is 1.25 bits per heavy atom. The van der Waals surface area contributed by atoms with Crippen LogP contribution in [-0.4, -0.2) is 28.1 Å². The van der Waals surface area contributed by atoms with Gasteiger partial charge in [-0.2, -0.15) is 0 Å². The van der Waals surface area contributed by atoms with E-state index in [-0.39, 0.29) is 5.78 Å². The molecule has 0 bridgehead atoms. The van der Waals surface area contributed by atoms with Gasteiger partial charge in [-0.25, -0.2) is 0 Å². The third-order valence-corrected chi connectivity index (χ3v) is 4.51. The lowest BCUT2D eigenvalue weighted by Crippen LogP contribution is -2.24. The molecule has 0 amide bonds. The molecule has 0 spiro atoms. The third-order valence-electron chi connectivity index (χ3n) is 3.44. The van der Waals surface area contributed by atoms with E-state index in [4.69, 9.17) is 0 Å². The van der Waals surface area contributed by atoms with E-state index in [1.165, 1.54) is 11.3 Å². The van der Waals surface area contributed by atoms with E-state index in [1.807, 2.05) is 6.92 Å². The highest BCUT2D eigenvalue weighted by Crippen LogP contribution is 2.21. The zero-order chi connectivity index (χ0) is 14.5. The third kappa shape index (κ3) is 4.37. The Labute approximate surface area is 125 Å². The maximum absolute atomic E-state index is 11.5. The molecule has 20 heavy (non-hydrogen) atoms. The smallest absolute Gasteiger partial charge is 0.157 e. The van der Waals surface area contributed by atoms with Crippen LogP contribution in [0.4, 0.5) is 0 Å². The number of carbonyl (C=O) groups is 1. The fourth-order valence-electron chi connectivity index (χ4n) is 2.29. The van der Waals surface area contributed by atoms with Crippen molar-refractivity contribution in [1.29, 1.82) is 0 Å². The number of hydrogen-bond acceptors (Lipinski definition) is 4. The van der Waals surface area contributed by atoms with E-state index < -0.39 is 0 Å². The Morgan fingerprint density at radius 2 is 2.05 bits per heavy atom. The van der Waals surface area contributed by atoms with Gasteiger partial charge < -0.3 is 4.90 Å². The molecule has 0 atom stereocenters. The zero-order valence-corrected chi connectivity index (χ0v) is 13.3. The second kappa shape index (κ2) is 6.93. The van der Waals surface area contributed by atoms with Crippen LogP contribution in [0.5, 0.6) is 0 Å². The Morgan fingerprint density at radius 3 is 2.80 bits per heavy atom. The highest BCUT2D eigenvalue weighted by Gasteiger charge is 2.12. The van der Waals surface area contributed by atoms with Crippen LogP contribution >= 0.6 is 11.8 Å². The topological polar surface area (TPSA) is 32.7 Å². The van der Waals surface area contributed by atoms with Gasteiger partial charge in [-0.05, 0) is 39.7 Å². The Hall–Kier alpha value is -1.29. The summed E-state index contributed by atoms with van der Waals surface area (Å²) in [4.78, 5) is 18.4. The number of allylic oxidation sites excluding steroid dienone is 5. The fraction of sp³-hybridized carbons (Fsp3) is 0.500. The number of rotatable bonds is 2. The van der Waals surface area contributed by atoms with Crippen LogP contribution in [0.3, 0.4) is 0 Å². The van der Waals surface area contributed by atoms with Crippen molar-refractivity contribution >= 4 is 22.6 Å². The average molecular weight is 290 g/mol. The molecule has 2 rings (SSSR count). The Kier molecular flexibility index (Phi) is 5.24. The maximum atomic E-state index is 11.5. The van der Waals surface area contributed by atoms with Gasteiger partial charge in [-0.3, -0.25) is 9.79 Å². The molecular weight excluding hydrogens is 268 g/mol. The SMILES string of the molecule is CC1=CCN(CSC2=N/C(C)=C\C(=O)CCC2)C(C)=C1. The molecule has 0 aromatic rings. The molecule has 0 radical (unpaired) electrons. The average Bonchev–Trinajstić information content (AvgIpc) is 2.35. The van der Waals surface area contributed by atoms with Gasteiger partial charge in [0, 0.05) is 30.4 Å². The monoisotopic (exact) mass is 290 g/mol. The minimum atomic E-state index is 0.200. The molecule has 0 saturated heterocycles. The summed E-state index contributed by atoms with van der Waals surface area (Å²) in [5, 5.41) is 1.14. The second-order valence-electron chi connectivity index (χ2n) is 5.34. The summed E-state index contributed by atoms with van der Waals surface area (Å²) in [7, 11) is 0. The predicted molar refractivity (Wildman–Crippen MR) is 86.7 cm³/mol. The lowest BCUT2D eigenvalue weighted by molar-refractivity contribution is -0.114. The highest BCUT2D eigenvalue weighted by atomic mass is 32.2. The number of nitrogens with zero attached hydrogens (tertiary/aromatic N) is 2. The summed E-state index contributed by atoms with van der Waals surface area (Å²) in [6, 6.07) is 0. The zero-order valence-electron chi connectivity index (χ0n) is 12.5. The van der Waals surface area contributed by atoms with E-state index in [0.29, 0.717) is 6.42 Å². The van der Waals surface area contributed by atoms with Crippen LogP contribution in [0.2, 0.25) is 0 Å². The van der Waals surface area contributed by atoms with Crippen molar-refractivity contribution in [3.05, 3.63) is 35.2 Å². The van der Waals surface area contributed by atoms with Gasteiger partial charge in [0.05, 0.1) is 10.9 Å². The summed E-state index contributed by atoms with van der Waals surface area (Å²) in [5.74, 6) is 1.12. The fourth-order valence-corrected chi connectivity index (χ4v) is 3.40. The quantitative estimate of drug-likeness (QED) is 0.773. The lowest BCUT2D eigenvalue weighted by Gasteiger charge is -2.27. The van der Waals surface area contributed by atoms with Gasteiger partial charge in [0.15, 0.2) is 5.78 Å². The van der Waals surface area contributed by atoms with Crippen molar-refractivity contribution in [1.82, 2.24) is 4.90 Å². The van der Waals surface area contributed by atoms with Crippen LogP contribution in [0, 0.1) is 0 Å². The molecule has 0 aliphatic carbocycles. The van der Waals surface area contributed by atoms with Gasteiger partial charge in [0.2, 0.25) is 0 Å². The van der Waals surface area contributed by atoms with E-state index in [2.05, 4.69) is 35.9 Å². The molecule has 2 heterocycles. The summed E-state index contributed by atoms with van der Waals surface area (Å²) in [6.45, 7) is 7.17. The molecule has 4 heteroatoms. The summed E-state index contributed by atoms with van der Waals surface area (Å²) in [6.07, 6.45) is 8.58. The molecule has 108 valence electrons. The minimum absolute atomic E-state index is 0.200. The van der Waals surface area contributed by atoms with Crippen LogP contribution < -0.4 is 0 Å². The lowest BCUT2D eigenvalue weighted by atomic mass is 10.1. The largest absolute Gasteiger partial charge is 0.362 e. The summed E-state index contributed by atoms with van der Waals surface area (Å²) < 4.78 is 0. The van der Waals surface area contributed by atoms with E-state index >= 15 is 0 Å². The first-order valence-electron chi connectivity index (χ1n) is 7.06. The van der Waals surface area contributed by atoms with Gasteiger partial charge >= 0.3 is 0 Å². The number of ketones is 1. The first-order chi connectivity index (χ1) is 9.54. The number of hydrogen-bond donors (Lipinski definition) is 0. The number of carbonyl (C=O) groups excluding carboxylic acids is 1. The van der Waals surface area contributed by atoms with Crippen molar-refractivity contribution in [3.63, 3.8) is 0 Å². The molecule has 0 unspecified atom stereocenters. The Bertz CT molecular complexity index is 515. The van der Waals surface area contributed by atoms with Gasteiger partial charge in [-0.1, -0.05) is 23.4 Å². The maximum Gasteiger partial charge on any atom is 0.157 e. The highest BCUT2D eigenvalue weighted by molar-refractivity contribution is 8.13. The number of thioether (sulfide) groups is 1. The molecule has 2 aliphatic rings. The minimum Gasteiger partial charge on any atom is -0.362 e. The van der Waals surface area contributed by atoms with Crippen molar-refractivity contribution in [2.75, 3.05) is 12.4 Å². The van der Waals surface area contributed by atoms with Crippen LogP contribution in [0.15, 0.2) is 40.2 Å². The molecule has 2 aliphatic heterocycles. The molecule has 3 nitrogen and oxygen atoms in total. The van der Waals surface area contributed by atoms with Crippen LogP contribution in [-0.2, 0) is 4.79 Å². The van der Waals surface area contributed by atoms with Gasteiger partial charge in [0.1, 0.15) is 0 Å². The normalized spacial score (nSPS) is 23.1. The molecule has 0 N–H and O–H groups in total. The predicted octanol–water partition coefficient (Wildman–Crippen LogP) is 3.90. The van der Waals surface area contributed by atoms with Gasteiger partial charge in [-0.15, -0.1) is 0 Å². The van der Waals surface area contributed by atoms with Gasteiger partial charge in [0.25, 0.3) is 0 Å². The summed E-state index contributed by atoms with van der Waals surface area (Å²) in [5.41, 5.74) is 3.48. The number of aliphatic imine (C=N–C) groups is 1. The molecule has 0 saturated carbocycles. The molecular formula is C16H22N2OS. The standard InChI is InChI=1S/C16H22N2OS/c1-12-7-8-18(14(3)9-12)11-20-16-6-4-5-15(19)10-13(2)17-16/h7,9-10H,4-6,8,11H2,1-3H3/b13-10-,17-16?. The van der Waals surface area contributed by atoms with E-state index in [0.717, 1.165) is 36.0 Å². The first-order valence-corrected chi connectivity index (χ1v) is 8.04. The van der Waals surface area contributed by atoms with Crippen molar-refractivity contribution < 1.29 is 4.79 Å².